The summed E-state index contributed by atoms with van der Waals surface area (Å²) < 4.78 is 5.38. The van der Waals surface area contributed by atoms with Gasteiger partial charge in [0.05, 0.1) is 6.61 Å². The maximum atomic E-state index is 11.9. The Bertz CT molecular complexity index is 485. The number of rotatable bonds is 5. The minimum absolute atomic E-state index is 0.0462. The summed E-state index contributed by atoms with van der Waals surface area (Å²) in [5.41, 5.74) is 0. The third kappa shape index (κ3) is 3.27. The first-order valence-corrected chi connectivity index (χ1v) is 7.06. The third-order valence-corrected chi connectivity index (χ3v) is 3.24. The molecule has 1 fully saturated rings. The molecule has 1 saturated heterocycles. The molecule has 1 amide bonds. The zero-order chi connectivity index (χ0) is 14.5. The minimum Gasteiger partial charge on any atom is -0.463 e. The van der Waals surface area contributed by atoms with Crippen molar-refractivity contribution in [3.05, 3.63) is 5.28 Å². The first-order chi connectivity index (χ1) is 9.65. The van der Waals surface area contributed by atoms with Gasteiger partial charge in [-0.15, -0.1) is 0 Å². The van der Waals surface area contributed by atoms with Crippen LogP contribution in [0.4, 0.5) is 5.95 Å². The van der Waals surface area contributed by atoms with Crippen LogP contribution in [0, 0.1) is 0 Å². The molecule has 1 aliphatic heterocycles. The van der Waals surface area contributed by atoms with Gasteiger partial charge in [-0.1, -0.05) is 6.92 Å². The summed E-state index contributed by atoms with van der Waals surface area (Å²) in [6.45, 7) is 3.22. The highest BCUT2D eigenvalue weighted by atomic mass is 35.5. The van der Waals surface area contributed by atoms with Gasteiger partial charge in [0.2, 0.25) is 17.1 Å². The first kappa shape index (κ1) is 14.8. The fourth-order valence-corrected chi connectivity index (χ4v) is 2.30. The van der Waals surface area contributed by atoms with Crippen LogP contribution in [0.3, 0.4) is 0 Å². The highest BCUT2D eigenvalue weighted by Gasteiger charge is 2.32. The van der Waals surface area contributed by atoms with Crippen molar-refractivity contribution >= 4 is 23.5 Å². The van der Waals surface area contributed by atoms with Crippen molar-refractivity contribution in [2.24, 2.45) is 0 Å². The van der Waals surface area contributed by atoms with E-state index in [4.69, 9.17) is 16.3 Å². The van der Waals surface area contributed by atoms with Gasteiger partial charge in [-0.25, -0.2) is 0 Å². The number of hydrogen-bond acceptors (Lipinski definition) is 6. The molecule has 1 aliphatic rings. The average molecular weight is 300 g/mol. The lowest BCUT2D eigenvalue weighted by Crippen LogP contribution is -2.42. The SMILES string of the molecule is CCCOc1nc(Cl)nc(N2CCCC2C(=O)NC)n1. The van der Waals surface area contributed by atoms with Crippen molar-refractivity contribution in [2.45, 2.75) is 32.2 Å². The lowest BCUT2D eigenvalue weighted by molar-refractivity contribution is -0.121. The largest absolute Gasteiger partial charge is 0.463 e. The molecule has 0 aliphatic carbocycles. The van der Waals surface area contributed by atoms with E-state index in [-0.39, 0.29) is 23.2 Å². The highest BCUT2D eigenvalue weighted by molar-refractivity contribution is 6.28. The summed E-state index contributed by atoms with van der Waals surface area (Å²) in [6.07, 6.45) is 2.53. The van der Waals surface area contributed by atoms with E-state index < -0.39 is 0 Å². The van der Waals surface area contributed by atoms with E-state index in [0.29, 0.717) is 19.1 Å². The van der Waals surface area contributed by atoms with Gasteiger partial charge in [0.1, 0.15) is 6.04 Å². The number of carbonyl (C=O) groups excluding carboxylic acids is 1. The number of nitrogens with one attached hydrogen (secondary N) is 1. The van der Waals surface area contributed by atoms with Gasteiger partial charge >= 0.3 is 6.01 Å². The minimum atomic E-state index is -0.266. The smallest absolute Gasteiger partial charge is 0.322 e. The molecule has 110 valence electrons. The molecule has 1 aromatic rings. The lowest BCUT2D eigenvalue weighted by atomic mass is 10.2. The molecule has 0 saturated carbocycles. The van der Waals surface area contributed by atoms with Crippen molar-refractivity contribution in [1.29, 1.82) is 0 Å². The third-order valence-electron chi connectivity index (χ3n) is 3.07. The monoisotopic (exact) mass is 299 g/mol. The maximum absolute atomic E-state index is 11.9. The average Bonchev–Trinajstić information content (AvgIpc) is 2.93. The Morgan fingerprint density at radius 1 is 1.50 bits per heavy atom. The molecular formula is C12H18ClN5O2. The number of amides is 1. The molecule has 0 bridgehead atoms. The van der Waals surface area contributed by atoms with Gasteiger partial charge in [-0.2, -0.15) is 15.0 Å². The molecule has 2 rings (SSSR count). The Kier molecular flexibility index (Phi) is 4.94. The molecule has 7 nitrogen and oxygen atoms in total. The molecule has 20 heavy (non-hydrogen) atoms. The van der Waals surface area contributed by atoms with Crippen LogP contribution in [0.5, 0.6) is 6.01 Å². The second kappa shape index (κ2) is 6.69. The fraction of sp³-hybridized carbons (Fsp3) is 0.667. The van der Waals surface area contributed by atoms with E-state index in [1.807, 2.05) is 11.8 Å². The molecular weight excluding hydrogens is 282 g/mol. The van der Waals surface area contributed by atoms with Gasteiger partial charge in [0.15, 0.2) is 0 Å². The lowest BCUT2D eigenvalue weighted by Gasteiger charge is -2.23. The van der Waals surface area contributed by atoms with Gasteiger partial charge in [-0.3, -0.25) is 4.79 Å². The number of hydrogen-bond donors (Lipinski definition) is 1. The summed E-state index contributed by atoms with van der Waals surface area (Å²) in [5.74, 6) is 0.345. The number of nitrogens with zero attached hydrogens (tertiary/aromatic N) is 4. The quantitative estimate of drug-likeness (QED) is 0.874. The standard InChI is InChI=1S/C12H18ClN5O2/c1-3-7-20-12-16-10(13)15-11(17-12)18-6-4-5-8(18)9(19)14-2/h8H,3-7H2,1-2H3,(H,14,19). The molecule has 0 radical (unpaired) electrons. The van der Waals surface area contributed by atoms with E-state index in [1.54, 1.807) is 7.05 Å². The first-order valence-electron chi connectivity index (χ1n) is 6.68. The normalized spacial score (nSPS) is 18.1. The number of likely N-dealkylation sites (N-methyl/N-ethyl adjacent to an activating group) is 1. The molecule has 1 aromatic heterocycles. The Balaban J connectivity index is 2.22. The molecule has 1 unspecified atom stereocenters. The van der Waals surface area contributed by atoms with Crippen molar-refractivity contribution in [2.75, 3.05) is 25.1 Å². The predicted octanol–water partition coefficient (Wildman–Crippen LogP) is 1.03. The van der Waals surface area contributed by atoms with Crippen LogP contribution < -0.4 is 15.0 Å². The Morgan fingerprint density at radius 2 is 2.30 bits per heavy atom. The van der Waals surface area contributed by atoms with Gasteiger partial charge in [-0.05, 0) is 30.9 Å². The molecule has 2 heterocycles. The Hall–Kier alpha value is -1.63. The number of anilines is 1. The van der Waals surface area contributed by atoms with Crippen LogP contribution in [0.1, 0.15) is 26.2 Å². The molecule has 0 spiro atoms. The van der Waals surface area contributed by atoms with E-state index >= 15 is 0 Å². The van der Waals surface area contributed by atoms with Crippen LogP contribution in [0.15, 0.2) is 0 Å². The van der Waals surface area contributed by atoms with Crippen molar-refractivity contribution in [1.82, 2.24) is 20.3 Å². The van der Waals surface area contributed by atoms with Crippen LogP contribution in [-0.4, -0.2) is 47.1 Å². The van der Waals surface area contributed by atoms with Crippen molar-refractivity contribution in [3.63, 3.8) is 0 Å². The van der Waals surface area contributed by atoms with Gasteiger partial charge in [0, 0.05) is 13.6 Å². The fourth-order valence-electron chi connectivity index (χ4n) is 2.15. The molecule has 1 atom stereocenters. The van der Waals surface area contributed by atoms with E-state index in [9.17, 15) is 4.79 Å². The summed E-state index contributed by atoms with van der Waals surface area (Å²) in [7, 11) is 1.62. The van der Waals surface area contributed by atoms with Crippen molar-refractivity contribution < 1.29 is 9.53 Å². The summed E-state index contributed by atoms with van der Waals surface area (Å²) in [5, 5.41) is 2.73. The zero-order valence-corrected chi connectivity index (χ0v) is 12.4. The number of ether oxygens (including phenoxy) is 1. The predicted molar refractivity (Wildman–Crippen MR) is 75.1 cm³/mol. The second-order valence-electron chi connectivity index (χ2n) is 4.50. The highest BCUT2D eigenvalue weighted by Crippen LogP contribution is 2.24. The van der Waals surface area contributed by atoms with Crippen LogP contribution in [0.25, 0.3) is 0 Å². The summed E-state index contributed by atoms with van der Waals surface area (Å²) >= 11 is 5.90. The zero-order valence-electron chi connectivity index (χ0n) is 11.6. The van der Waals surface area contributed by atoms with Gasteiger partial charge in [0.25, 0.3) is 0 Å². The Labute approximate surface area is 122 Å². The second-order valence-corrected chi connectivity index (χ2v) is 4.84. The maximum Gasteiger partial charge on any atom is 0.322 e. The van der Waals surface area contributed by atoms with Crippen LogP contribution in [-0.2, 0) is 4.79 Å². The van der Waals surface area contributed by atoms with Crippen LogP contribution >= 0.6 is 11.6 Å². The molecule has 0 aromatic carbocycles. The van der Waals surface area contributed by atoms with Gasteiger partial charge < -0.3 is 15.0 Å². The molecule has 1 N–H and O–H groups in total. The Morgan fingerprint density at radius 3 is 3.00 bits per heavy atom. The van der Waals surface area contributed by atoms with E-state index in [0.717, 1.165) is 19.3 Å². The number of halogens is 1. The topological polar surface area (TPSA) is 80.2 Å². The van der Waals surface area contributed by atoms with E-state index in [2.05, 4.69) is 20.3 Å². The van der Waals surface area contributed by atoms with E-state index in [1.165, 1.54) is 0 Å². The van der Waals surface area contributed by atoms with Crippen LogP contribution in [0.2, 0.25) is 5.28 Å². The summed E-state index contributed by atoms with van der Waals surface area (Å²) in [6, 6.07) is -0.0677. The summed E-state index contributed by atoms with van der Waals surface area (Å²) in [4.78, 5) is 26.0. The molecule has 8 heteroatoms. The number of carbonyl (C=O) groups is 1. The van der Waals surface area contributed by atoms with Crippen molar-refractivity contribution in [3.8, 4) is 6.01 Å². The number of aromatic nitrogens is 3.